The number of piperidine rings is 1. The molecule has 0 bridgehead atoms. The van der Waals surface area contributed by atoms with Crippen molar-refractivity contribution in [2.24, 2.45) is 0 Å². The van der Waals surface area contributed by atoms with E-state index in [9.17, 15) is 26.4 Å². The van der Waals surface area contributed by atoms with Gasteiger partial charge in [0.15, 0.2) is 0 Å². The van der Waals surface area contributed by atoms with E-state index in [1.54, 1.807) is 5.38 Å². The Kier molecular flexibility index (Phi) is 6.11. The monoisotopic (exact) mass is 432 g/mol. The number of nitrogens with one attached hydrogen (secondary N) is 1. The summed E-state index contributed by atoms with van der Waals surface area (Å²) in [5, 5.41) is 4.13. The highest BCUT2D eigenvalue weighted by molar-refractivity contribution is 7.89. The van der Waals surface area contributed by atoms with E-state index < -0.39 is 27.7 Å². The molecule has 2 aromatic rings. The van der Waals surface area contributed by atoms with E-state index in [1.807, 2.05) is 0 Å². The van der Waals surface area contributed by atoms with Crippen molar-refractivity contribution in [3.63, 3.8) is 0 Å². The molecule has 0 unspecified atom stereocenters. The Balaban J connectivity index is 1.70. The van der Waals surface area contributed by atoms with Crippen molar-refractivity contribution in [3.8, 4) is 0 Å². The molecule has 10 heteroatoms. The number of halogens is 3. The molecule has 0 radical (unpaired) electrons. The summed E-state index contributed by atoms with van der Waals surface area (Å²) < 4.78 is 64.8. The lowest BCUT2D eigenvalue weighted by atomic mass is 10.1. The highest BCUT2D eigenvalue weighted by Crippen LogP contribution is 2.29. The van der Waals surface area contributed by atoms with Gasteiger partial charge in [-0.05, 0) is 42.0 Å². The van der Waals surface area contributed by atoms with Gasteiger partial charge in [-0.1, -0.05) is 18.6 Å². The third-order valence-electron chi connectivity index (χ3n) is 4.50. The first kappa shape index (κ1) is 20.8. The summed E-state index contributed by atoms with van der Waals surface area (Å²) in [4.78, 5) is 12.5. The van der Waals surface area contributed by atoms with Crippen LogP contribution < -0.4 is 5.32 Å². The second kappa shape index (κ2) is 8.22. The van der Waals surface area contributed by atoms with Crippen LogP contribution >= 0.6 is 11.3 Å². The van der Waals surface area contributed by atoms with Gasteiger partial charge in [0.05, 0.1) is 5.56 Å². The Bertz CT molecular complexity index is 932. The minimum Gasteiger partial charge on any atom is -0.347 e. The van der Waals surface area contributed by atoms with Gasteiger partial charge in [0.25, 0.3) is 5.91 Å². The molecule has 5 nitrogen and oxygen atoms in total. The fourth-order valence-corrected chi connectivity index (χ4v) is 5.82. The molecule has 1 amide bonds. The number of sulfonamides is 1. The van der Waals surface area contributed by atoms with E-state index >= 15 is 0 Å². The van der Waals surface area contributed by atoms with Gasteiger partial charge < -0.3 is 5.32 Å². The maximum absolute atomic E-state index is 12.8. The Morgan fingerprint density at radius 2 is 1.71 bits per heavy atom. The molecule has 0 saturated carbocycles. The van der Waals surface area contributed by atoms with Gasteiger partial charge in [-0.15, -0.1) is 11.3 Å². The van der Waals surface area contributed by atoms with Crippen molar-refractivity contribution in [1.29, 1.82) is 0 Å². The number of alkyl halides is 3. The Labute approximate surface area is 165 Å². The van der Waals surface area contributed by atoms with Crippen LogP contribution in [0.4, 0.5) is 13.2 Å². The van der Waals surface area contributed by atoms with Gasteiger partial charge >= 0.3 is 6.18 Å². The normalized spacial score (nSPS) is 16.1. The van der Waals surface area contributed by atoms with Gasteiger partial charge in [0.1, 0.15) is 9.77 Å². The lowest BCUT2D eigenvalue weighted by Crippen LogP contribution is -2.36. The zero-order valence-corrected chi connectivity index (χ0v) is 16.5. The lowest BCUT2D eigenvalue weighted by Gasteiger charge is -2.25. The summed E-state index contributed by atoms with van der Waals surface area (Å²) in [6, 6.07) is 5.87. The molecule has 1 aromatic heterocycles. The Morgan fingerprint density at radius 3 is 2.32 bits per heavy atom. The zero-order chi connectivity index (χ0) is 20.4. The minimum absolute atomic E-state index is 0.00191. The predicted molar refractivity (Wildman–Crippen MR) is 99.5 cm³/mol. The molecular weight excluding hydrogens is 413 g/mol. The first-order chi connectivity index (χ1) is 13.2. The second-order valence-electron chi connectivity index (χ2n) is 6.46. The van der Waals surface area contributed by atoms with Crippen LogP contribution in [0.2, 0.25) is 0 Å². The molecule has 1 aliphatic rings. The highest BCUT2D eigenvalue weighted by atomic mass is 32.2. The average molecular weight is 432 g/mol. The molecule has 1 aliphatic heterocycles. The van der Waals surface area contributed by atoms with Gasteiger partial charge in [-0.2, -0.15) is 17.5 Å². The summed E-state index contributed by atoms with van der Waals surface area (Å²) in [5.41, 5.74) is -0.283. The van der Waals surface area contributed by atoms with Crippen LogP contribution in [-0.4, -0.2) is 31.7 Å². The van der Waals surface area contributed by atoms with E-state index in [0.717, 1.165) is 42.7 Å². The quantitative estimate of drug-likeness (QED) is 0.780. The summed E-state index contributed by atoms with van der Waals surface area (Å²) in [7, 11) is -3.74. The largest absolute Gasteiger partial charge is 0.416 e. The predicted octanol–water partition coefficient (Wildman–Crippen LogP) is 3.87. The van der Waals surface area contributed by atoms with E-state index in [2.05, 4.69) is 5.32 Å². The number of thiophene rings is 1. The number of hydrogen-bond donors (Lipinski definition) is 1. The number of amides is 1. The number of hydrogen-bond acceptors (Lipinski definition) is 4. The van der Waals surface area contributed by atoms with Crippen molar-refractivity contribution >= 4 is 27.3 Å². The third kappa shape index (κ3) is 4.56. The SMILES string of the molecule is O=C(NCc1ccc(C(F)(F)F)cc1)c1sccc1S(=O)(=O)N1CCCCC1. The molecule has 28 heavy (non-hydrogen) atoms. The van der Waals surface area contributed by atoms with E-state index in [4.69, 9.17) is 0 Å². The highest BCUT2D eigenvalue weighted by Gasteiger charge is 2.31. The Hall–Kier alpha value is -1.91. The van der Waals surface area contributed by atoms with Crippen LogP contribution in [0, 0.1) is 0 Å². The molecule has 1 fully saturated rings. The van der Waals surface area contributed by atoms with Crippen LogP contribution in [0.3, 0.4) is 0 Å². The molecule has 0 spiro atoms. The van der Waals surface area contributed by atoms with Gasteiger partial charge in [0.2, 0.25) is 10.0 Å². The molecule has 152 valence electrons. The number of carbonyl (C=O) groups is 1. The maximum atomic E-state index is 12.8. The summed E-state index contributed by atoms with van der Waals surface area (Å²) in [5.74, 6) is -0.564. The zero-order valence-electron chi connectivity index (χ0n) is 14.8. The number of rotatable bonds is 5. The van der Waals surface area contributed by atoms with E-state index in [-0.39, 0.29) is 16.3 Å². The Morgan fingerprint density at radius 1 is 1.07 bits per heavy atom. The van der Waals surface area contributed by atoms with Crippen molar-refractivity contribution in [2.75, 3.05) is 13.1 Å². The topological polar surface area (TPSA) is 66.5 Å². The summed E-state index contributed by atoms with van der Waals surface area (Å²) in [6.45, 7) is 0.869. The van der Waals surface area contributed by atoms with Crippen molar-refractivity contribution in [2.45, 2.75) is 36.9 Å². The summed E-state index contributed by atoms with van der Waals surface area (Å²) in [6.07, 6.45) is -1.86. The van der Waals surface area contributed by atoms with Crippen LogP contribution in [0.5, 0.6) is 0 Å². The molecular formula is C18H19F3N2O3S2. The molecule has 1 aromatic carbocycles. The molecule has 1 saturated heterocycles. The maximum Gasteiger partial charge on any atom is 0.416 e. The van der Waals surface area contributed by atoms with Crippen molar-refractivity contribution in [1.82, 2.24) is 9.62 Å². The molecule has 0 atom stereocenters. The van der Waals surface area contributed by atoms with Crippen molar-refractivity contribution < 1.29 is 26.4 Å². The van der Waals surface area contributed by atoms with Gasteiger partial charge in [-0.25, -0.2) is 8.42 Å². The van der Waals surface area contributed by atoms with Gasteiger partial charge in [0, 0.05) is 19.6 Å². The van der Waals surface area contributed by atoms with Crippen LogP contribution in [0.15, 0.2) is 40.6 Å². The van der Waals surface area contributed by atoms with E-state index in [1.165, 1.54) is 22.5 Å². The fourth-order valence-electron chi connectivity index (χ4n) is 2.98. The third-order valence-corrected chi connectivity index (χ3v) is 7.49. The van der Waals surface area contributed by atoms with E-state index in [0.29, 0.717) is 18.7 Å². The first-order valence-corrected chi connectivity index (χ1v) is 11.0. The fraction of sp³-hybridized carbons (Fsp3) is 0.389. The number of benzene rings is 1. The standard InChI is InChI=1S/C18H19F3N2O3S2/c19-18(20,21)14-6-4-13(5-7-14)12-22-17(24)16-15(8-11-27-16)28(25,26)23-9-2-1-3-10-23/h4-8,11H,1-3,9-10,12H2,(H,22,24). The second-order valence-corrected chi connectivity index (χ2v) is 9.28. The first-order valence-electron chi connectivity index (χ1n) is 8.71. The summed E-state index contributed by atoms with van der Waals surface area (Å²) >= 11 is 1.02. The average Bonchev–Trinajstić information content (AvgIpc) is 3.17. The van der Waals surface area contributed by atoms with Crippen LogP contribution in [0.25, 0.3) is 0 Å². The number of carbonyl (C=O) groups excluding carboxylic acids is 1. The van der Waals surface area contributed by atoms with Crippen LogP contribution in [0.1, 0.15) is 40.1 Å². The van der Waals surface area contributed by atoms with Crippen LogP contribution in [-0.2, 0) is 22.7 Å². The smallest absolute Gasteiger partial charge is 0.347 e. The number of nitrogens with zero attached hydrogens (tertiary/aromatic N) is 1. The molecule has 1 N–H and O–H groups in total. The van der Waals surface area contributed by atoms with Gasteiger partial charge in [-0.3, -0.25) is 4.79 Å². The molecule has 3 rings (SSSR count). The van der Waals surface area contributed by atoms with Crippen molar-refractivity contribution in [3.05, 3.63) is 51.7 Å². The lowest BCUT2D eigenvalue weighted by molar-refractivity contribution is -0.137. The molecule has 0 aliphatic carbocycles. The molecule has 2 heterocycles. The minimum atomic E-state index is -4.42.